The van der Waals surface area contributed by atoms with Crippen LogP contribution in [-0.2, 0) is 0 Å². The first-order valence-electron chi connectivity index (χ1n) is 5.64. The number of aliphatic hydroxyl groups excluding tert-OH is 1. The number of aromatic nitrogens is 1. The summed E-state index contributed by atoms with van der Waals surface area (Å²) in [6.45, 7) is 1.94. The van der Waals surface area contributed by atoms with Crippen molar-refractivity contribution in [1.29, 1.82) is 0 Å². The van der Waals surface area contributed by atoms with Gasteiger partial charge in [-0.15, -0.1) is 11.8 Å². The second-order valence-corrected chi connectivity index (χ2v) is 6.02. The van der Waals surface area contributed by atoms with Gasteiger partial charge >= 0.3 is 0 Å². The lowest BCUT2D eigenvalue weighted by molar-refractivity contribution is 0.203. The number of pyridine rings is 1. The Morgan fingerprint density at radius 3 is 2.56 bits per heavy atom. The lowest BCUT2D eigenvalue weighted by Gasteiger charge is -2.10. The van der Waals surface area contributed by atoms with Gasteiger partial charge in [-0.25, -0.2) is 0 Å². The van der Waals surface area contributed by atoms with E-state index in [-0.39, 0.29) is 0 Å². The number of thioether (sulfide) groups is 1. The molecule has 0 saturated carbocycles. The van der Waals surface area contributed by atoms with Crippen molar-refractivity contribution in [2.45, 2.75) is 17.9 Å². The fraction of sp³-hybridized carbons (Fsp3) is 0.214. The number of benzene rings is 1. The Hall–Kier alpha value is -0.840. The van der Waals surface area contributed by atoms with Gasteiger partial charge < -0.3 is 5.11 Å². The predicted molar refractivity (Wildman–Crippen MR) is 78.8 cm³/mol. The van der Waals surface area contributed by atoms with E-state index < -0.39 is 6.10 Å². The molecule has 2 rings (SSSR count). The van der Waals surface area contributed by atoms with Crippen LogP contribution >= 0.6 is 27.7 Å². The van der Waals surface area contributed by atoms with Crippen LogP contribution in [0, 0.1) is 6.92 Å². The van der Waals surface area contributed by atoms with Crippen molar-refractivity contribution < 1.29 is 5.11 Å². The molecule has 1 aromatic heterocycles. The standard InChI is InChI=1S/C14H14BrNOS/c1-10-2-3-11(8-16-10)14(17)9-18-13-6-4-12(15)5-7-13/h2-8,14,17H,9H2,1H3. The zero-order valence-corrected chi connectivity index (χ0v) is 12.4. The van der Waals surface area contributed by atoms with Crippen LogP contribution in [0.5, 0.6) is 0 Å². The molecule has 2 aromatic rings. The molecule has 1 unspecified atom stereocenters. The highest BCUT2D eigenvalue weighted by Gasteiger charge is 2.08. The Morgan fingerprint density at radius 2 is 1.94 bits per heavy atom. The summed E-state index contributed by atoms with van der Waals surface area (Å²) in [6.07, 6.45) is 1.26. The molecule has 94 valence electrons. The molecule has 0 radical (unpaired) electrons. The van der Waals surface area contributed by atoms with E-state index in [4.69, 9.17) is 0 Å². The molecule has 1 heterocycles. The molecule has 0 spiro atoms. The summed E-state index contributed by atoms with van der Waals surface area (Å²) in [6, 6.07) is 11.9. The van der Waals surface area contributed by atoms with Crippen molar-refractivity contribution >= 4 is 27.7 Å². The van der Waals surface area contributed by atoms with Crippen LogP contribution in [0.15, 0.2) is 52.0 Å². The largest absolute Gasteiger partial charge is 0.387 e. The van der Waals surface area contributed by atoms with Crippen LogP contribution in [0.4, 0.5) is 0 Å². The fourth-order valence-corrected chi connectivity index (χ4v) is 2.61. The van der Waals surface area contributed by atoms with Gasteiger partial charge in [0.05, 0.1) is 6.10 Å². The average Bonchev–Trinajstić information content (AvgIpc) is 2.38. The minimum absolute atomic E-state index is 0.480. The van der Waals surface area contributed by atoms with Gasteiger partial charge in [0.15, 0.2) is 0 Å². The van der Waals surface area contributed by atoms with Crippen molar-refractivity contribution in [3.05, 3.63) is 58.3 Å². The van der Waals surface area contributed by atoms with Gasteiger partial charge in [-0.1, -0.05) is 22.0 Å². The Morgan fingerprint density at radius 1 is 1.22 bits per heavy atom. The lowest BCUT2D eigenvalue weighted by Crippen LogP contribution is -2.01. The van der Waals surface area contributed by atoms with Gasteiger partial charge in [-0.2, -0.15) is 0 Å². The van der Waals surface area contributed by atoms with Crippen LogP contribution in [0.1, 0.15) is 17.4 Å². The van der Waals surface area contributed by atoms with Gasteiger partial charge in [0.1, 0.15) is 0 Å². The van der Waals surface area contributed by atoms with E-state index in [1.807, 2.05) is 43.3 Å². The summed E-state index contributed by atoms with van der Waals surface area (Å²) in [7, 11) is 0. The number of rotatable bonds is 4. The number of aliphatic hydroxyl groups is 1. The van der Waals surface area contributed by atoms with Crippen LogP contribution in [-0.4, -0.2) is 15.8 Å². The van der Waals surface area contributed by atoms with Gasteiger partial charge in [-0.05, 0) is 42.8 Å². The Bertz CT molecular complexity index is 498. The number of hydrogen-bond acceptors (Lipinski definition) is 3. The maximum atomic E-state index is 10.1. The van der Waals surface area contributed by atoms with Crippen molar-refractivity contribution in [3.63, 3.8) is 0 Å². The molecular formula is C14H14BrNOS. The molecule has 18 heavy (non-hydrogen) atoms. The molecule has 0 saturated heterocycles. The van der Waals surface area contributed by atoms with Gasteiger partial charge in [0.25, 0.3) is 0 Å². The molecule has 1 N–H and O–H groups in total. The molecule has 4 heteroatoms. The molecule has 1 aromatic carbocycles. The van der Waals surface area contributed by atoms with E-state index in [0.717, 1.165) is 20.6 Å². The summed E-state index contributed by atoms with van der Waals surface area (Å²) in [5, 5.41) is 10.1. The summed E-state index contributed by atoms with van der Waals surface area (Å²) in [5.41, 5.74) is 1.83. The zero-order valence-electron chi connectivity index (χ0n) is 10.0. The third kappa shape index (κ3) is 3.83. The van der Waals surface area contributed by atoms with Crippen molar-refractivity contribution in [3.8, 4) is 0 Å². The topological polar surface area (TPSA) is 33.1 Å². The fourth-order valence-electron chi connectivity index (χ4n) is 1.48. The minimum Gasteiger partial charge on any atom is -0.387 e. The van der Waals surface area contributed by atoms with Crippen molar-refractivity contribution in [2.75, 3.05) is 5.75 Å². The molecule has 0 aliphatic heterocycles. The average molecular weight is 324 g/mol. The number of nitrogens with zero attached hydrogens (tertiary/aromatic N) is 1. The van der Waals surface area contributed by atoms with Crippen LogP contribution < -0.4 is 0 Å². The molecule has 0 fully saturated rings. The first-order valence-corrected chi connectivity index (χ1v) is 7.42. The minimum atomic E-state index is -0.480. The highest BCUT2D eigenvalue weighted by atomic mass is 79.9. The smallest absolute Gasteiger partial charge is 0.0898 e. The van der Waals surface area contributed by atoms with Crippen molar-refractivity contribution in [2.24, 2.45) is 0 Å². The van der Waals surface area contributed by atoms with Gasteiger partial charge in [0, 0.05) is 27.0 Å². The maximum Gasteiger partial charge on any atom is 0.0898 e. The first-order chi connectivity index (χ1) is 8.65. The summed E-state index contributed by atoms with van der Waals surface area (Å²) in [5.74, 6) is 0.631. The van der Waals surface area contributed by atoms with Crippen molar-refractivity contribution in [1.82, 2.24) is 4.98 Å². The van der Waals surface area contributed by atoms with E-state index in [1.165, 1.54) is 0 Å². The zero-order chi connectivity index (χ0) is 13.0. The Kier molecular flexibility index (Phi) is 4.80. The first kappa shape index (κ1) is 13.6. The predicted octanol–water partition coefficient (Wildman–Crippen LogP) is 3.98. The molecular weight excluding hydrogens is 310 g/mol. The van der Waals surface area contributed by atoms with Gasteiger partial charge in [-0.3, -0.25) is 4.98 Å². The highest BCUT2D eigenvalue weighted by molar-refractivity contribution is 9.10. The molecule has 0 aliphatic carbocycles. The lowest BCUT2D eigenvalue weighted by atomic mass is 10.2. The Balaban J connectivity index is 1.93. The van der Waals surface area contributed by atoms with E-state index in [2.05, 4.69) is 20.9 Å². The normalized spacial score (nSPS) is 12.4. The number of hydrogen-bond donors (Lipinski definition) is 1. The van der Waals surface area contributed by atoms with Gasteiger partial charge in [0.2, 0.25) is 0 Å². The Labute approximate surface area is 120 Å². The monoisotopic (exact) mass is 323 g/mol. The third-order valence-corrected chi connectivity index (χ3v) is 4.16. The maximum absolute atomic E-state index is 10.1. The highest BCUT2D eigenvalue weighted by Crippen LogP contribution is 2.25. The number of aryl methyl sites for hydroxylation is 1. The van der Waals surface area contributed by atoms with E-state index >= 15 is 0 Å². The van der Waals surface area contributed by atoms with E-state index in [0.29, 0.717) is 5.75 Å². The van der Waals surface area contributed by atoms with E-state index in [9.17, 15) is 5.11 Å². The molecule has 0 aliphatic rings. The number of halogens is 1. The summed E-state index contributed by atoms with van der Waals surface area (Å²) >= 11 is 5.04. The van der Waals surface area contributed by atoms with E-state index in [1.54, 1.807) is 18.0 Å². The second-order valence-electron chi connectivity index (χ2n) is 4.01. The molecule has 2 nitrogen and oxygen atoms in total. The summed E-state index contributed by atoms with van der Waals surface area (Å²) in [4.78, 5) is 5.34. The third-order valence-electron chi connectivity index (χ3n) is 2.54. The molecule has 0 bridgehead atoms. The SMILES string of the molecule is Cc1ccc(C(O)CSc2ccc(Br)cc2)cn1. The molecule has 0 amide bonds. The quantitative estimate of drug-likeness (QED) is 0.864. The summed E-state index contributed by atoms with van der Waals surface area (Å²) < 4.78 is 1.06. The van der Waals surface area contributed by atoms with Crippen LogP contribution in [0.2, 0.25) is 0 Å². The molecule has 1 atom stereocenters. The second kappa shape index (κ2) is 6.36. The van der Waals surface area contributed by atoms with Crippen LogP contribution in [0.25, 0.3) is 0 Å². The van der Waals surface area contributed by atoms with Crippen LogP contribution in [0.3, 0.4) is 0 Å².